The average molecular weight is 281 g/mol. The van der Waals surface area contributed by atoms with Gasteiger partial charge in [-0.05, 0) is 38.4 Å². The lowest BCUT2D eigenvalue weighted by Gasteiger charge is -2.32. The SMILES string of the molecule is Nc1cc(Cl)nc(N2CCC(N3CCCCC3)C2)c1. The Labute approximate surface area is 119 Å². The molecule has 2 aliphatic heterocycles. The summed E-state index contributed by atoms with van der Waals surface area (Å²) in [4.78, 5) is 9.33. The molecule has 0 aromatic carbocycles. The quantitative estimate of drug-likeness (QED) is 0.845. The van der Waals surface area contributed by atoms with Gasteiger partial charge in [-0.25, -0.2) is 4.98 Å². The van der Waals surface area contributed by atoms with E-state index < -0.39 is 0 Å². The first-order valence-corrected chi connectivity index (χ1v) is 7.52. The zero-order chi connectivity index (χ0) is 13.2. The Morgan fingerprint density at radius 1 is 1.16 bits per heavy atom. The Kier molecular flexibility index (Phi) is 3.80. The molecule has 1 atom stereocenters. The molecule has 2 aliphatic rings. The first-order valence-electron chi connectivity index (χ1n) is 7.14. The van der Waals surface area contributed by atoms with E-state index in [1.165, 1.54) is 38.8 Å². The van der Waals surface area contributed by atoms with E-state index >= 15 is 0 Å². The van der Waals surface area contributed by atoms with Crippen LogP contribution in [0, 0.1) is 0 Å². The second-order valence-electron chi connectivity index (χ2n) is 5.57. The Hall–Kier alpha value is -1.00. The van der Waals surface area contributed by atoms with Gasteiger partial charge < -0.3 is 10.6 Å². The highest BCUT2D eigenvalue weighted by molar-refractivity contribution is 6.29. The van der Waals surface area contributed by atoms with E-state index in [1.54, 1.807) is 6.07 Å². The molecule has 3 rings (SSSR count). The van der Waals surface area contributed by atoms with Crippen LogP contribution in [0.2, 0.25) is 5.15 Å². The molecule has 0 saturated carbocycles. The van der Waals surface area contributed by atoms with Crippen molar-refractivity contribution in [1.29, 1.82) is 0 Å². The predicted octanol–water partition coefficient (Wildman–Crippen LogP) is 2.38. The summed E-state index contributed by atoms with van der Waals surface area (Å²) in [7, 11) is 0. The van der Waals surface area contributed by atoms with Crippen LogP contribution in [-0.4, -0.2) is 42.1 Å². The number of nitrogen functional groups attached to an aromatic ring is 1. The van der Waals surface area contributed by atoms with E-state index in [9.17, 15) is 0 Å². The van der Waals surface area contributed by atoms with Crippen LogP contribution in [0.5, 0.6) is 0 Å². The summed E-state index contributed by atoms with van der Waals surface area (Å²) >= 11 is 5.99. The summed E-state index contributed by atoms with van der Waals surface area (Å²) in [5.74, 6) is 0.921. The third kappa shape index (κ3) is 2.95. The van der Waals surface area contributed by atoms with Crippen LogP contribution in [-0.2, 0) is 0 Å². The fourth-order valence-electron chi connectivity index (χ4n) is 3.20. The molecule has 1 unspecified atom stereocenters. The molecule has 1 aromatic heterocycles. The van der Waals surface area contributed by atoms with Crippen LogP contribution in [0.3, 0.4) is 0 Å². The average Bonchev–Trinajstić information content (AvgIpc) is 2.88. The number of aromatic nitrogens is 1. The molecule has 2 saturated heterocycles. The first kappa shape index (κ1) is 13.0. The van der Waals surface area contributed by atoms with Crippen molar-refractivity contribution in [3.8, 4) is 0 Å². The number of anilines is 2. The van der Waals surface area contributed by atoms with E-state index in [-0.39, 0.29) is 0 Å². The minimum absolute atomic E-state index is 0.483. The van der Waals surface area contributed by atoms with Gasteiger partial charge in [0.15, 0.2) is 0 Å². The van der Waals surface area contributed by atoms with E-state index in [2.05, 4.69) is 14.8 Å². The van der Waals surface area contributed by atoms with Crippen LogP contribution < -0.4 is 10.6 Å². The van der Waals surface area contributed by atoms with Crippen molar-refractivity contribution in [3.05, 3.63) is 17.3 Å². The summed E-state index contributed by atoms with van der Waals surface area (Å²) in [6.45, 7) is 4.61. The van der Waals surface area contributed by atoms with Gasteiger partial charge >= 0.3 is 0 Å². The minimum Gasteiger partial charge on any atom is -0.399 e. The summed E-state index contributed by atoms with van der Waals surface area (Å²) in [6, 6.07) is 4.29. The van der Waals surface area contributed by atoms with Gasteiger partial charge in [-0.3, -0.25) is 4.90 Å². The number of hydrogen-bond acceptors (Lipinski definition) is 4. The number of hydrogen-bond donors (Lipinski definition) is 1. The van der Waals surface area contributed by atoms with Gasteiger partial charge in [0.25, 0.3) is 0 Å². The molecule has 2 fully saturated rings. The zero-order valence-corrected chi connectivity index (χ0v) is 11.9. The number of nitrogens with two attached hydrogens (primary N) is 1. The summed E-state index contributed by atoms with van der Waals surface area (Å²) in [5, 5.41) is 0.483. The molecular weight excluding hydrogens is 260 g/mol. The number of pyridine rings is 1. The molecule has 104 valence electrons. The second kappa shape index (κ2) is 5.55. The number of likely N-dealkylation sites (tertiary alicyclic amines) is 1. The van der Waals surface area contributed by atoms with Crippen molar-refractivity contribution < 1.29 is 0 Å². The predicted molar refractivity (Wildman–Crippen MR) is 79.7 cm³/mol. The highest BCUT2D eigenvalue weighted by Crippen LogP contribution is 2.26. The molecule has 19 heavy (non-hydrogen) atoms. The van der Waals surface area contributed by atoms with E-state index in [1.807, 2.05) is 6.07 Å². The molecule has 2 N–H and O–H groups in total. The van der Waals surface area contributed by atoms with Gasteiger partial charge in [0.1, 0.15) is 11.0 Å². The van der Waals surface area contributed by atoms with Crippen LogP contribution in [0.4, 0.5) is 11.5 Å². The number of nitrogens with zero attached hydrogens (tertiary/aromatic N) is 3. The topological polar surface area (TPSA) is 45.4 Å². The van der Waals surface area contributed by atoms with Gasteiger partial charge in [0.05, 0.1) is 0 Å². The molecule has 0 radical (unpaired) electrons. The fraction of sp³-hybridized carbons (Fsp3) is 0.643. The third-order valence-electron chi connectivity index (χ3n) is 4.20. The minimum atomic E-state index is 0.483. The Morgan fingerprint density at radius 2 is 1.95 bits per heavy atom. The van der Waals surface area contributed by atoms with Gasteiger partial charge in [-0.1, -0.05) is 18.0 Å². The van der Waals surface area contributed by atoms with Crippen molar-refractivity contribution >= 4 is 23.1 Å². The normalized spacial score (nSPS) is 24.9. The standard InChI is InChI=1S/C14H21ClN4/c15-13-8-11(16)9-14(17-13)19-7-4-12(10-19)18-5-2-1-3-6-18/h8-9,12H,1-7,10H2,(H2,16,17). The third-order valence-corrected chi connectivity index (χ3v) is 4.39. The Balaban J connectivity index is 1.67. The molecule has 1 aromatic rings. The smallest absolute Gasteiger partial charge is 0.133 e. The van der Waals surface area contributed by atoms with Gasteiger partial charge in [0.2, 0.25) is 0 Å². The maximum Gasteiger partial charge on any atom is 0.133 e. The summed E-state index contributed by atoms with van der Waals surface area (Å²) in [5.41, 5.74) is 6.53. The molecule has 0 bridgehead atoms. The Bertz CT molecular complexity index is 425. The largest absolute Gasteiger partial charge is 0.399 e. The zero-order valence-electron chi connectivity index (χ0n) is 11.2. The lowest BCUT2D eigenvalue weighted by molar-refractivity contribution is 0.175. The highest BCUT2D eigenvalue weighted by Gasteiger charge is 2.29. The van der Waals surface area contributed by atoms with Gasteiger partial charge in [0, 0.05) is 30.9 Å². The van der Waals surface area contributed by atoms with E-state index in [4.69, 9.17) is 17.3 Å². The fourth-order valence-corrected chi connectivity index (χ4v) is 3.41. The highest BCUT2D eigenvalue weighted by atomic mass is 35.5. The number of piperidine rings is 1. The molecule has 3 heterocycles. The van der Waals surface area contributed by atoms with Crippen LogP contribution in [0.1, 0.15) is 25.7 Å². The number of rotatable bonds is 2. The number of halogens is 1. The van der Waals surface area contributed by atoms with Crippen LogP contribution in [0.15, 0.2) is 12.1 Å². The van der Waals surface area contributed by atoms with E-state index in [0.29, 0.717) is 16.9 Å². The van der Waals surface area contributed by atoms with Gasteiger partial charge in [-0.2, -0.15) is 0 Å². The van der Waals surface area contributed by atoms with Crippen molar-refractivity contribution in [2.45, 2.75) is 31.7 Å². The lowest BCUT2D eigenvalue weighted by atomic mass is 10.1. The van der Waals surface area contributed by atoms with Crippen LogP contribution in [0.25, 0.3) is 0 Å². The van der Waals surface area contributed by atoms with Crippen LogP contribution >= 0.6 is 11.6 Å². The first-order chi connectivity index (χ1) is 9.22. The monoisotopic (exact) mass is 280 g/mol. The second-order valence-corrected chi connectivity index (χ2v) is 5.95. The maximum absolute atomic E-state index is 5.99. The van der Waals surface area contributed by atoms with Gasteiger partial charge in [-0.15, -0.1) is 0 Å². The van der Waals surface area contributed by atoms with Crippen molar-refractivity contribution in [2.75, 3.05) is 36.8 Å². The summed E-state index contributed by atoms with van der Waals surface area (Å²) in [6.07, 6.45) is 5.30. The maximum atomic E-state index is 5.99. The molecule has 0 aliphatic carbocycles. The molecule has 4 nitrogen and oxygen atoms in total. The molecular formula is C14H21ClN4. The van der Waals surface area contributed by atoms with E-state index in [0.717, 1.165) is 18.9 Å². The summed E-state index contributed by atoms with van der Waals surface area (Å²) < 4.78 is 0. The molecule has 0 spiro atoms. The Morgan fingerprint density at radius 3 is 2.68 bits per heavy atom. The van der Waals surface area contributed by atoms with Crippen molar-refractivity contribution in [1.82, 2.24) is 9.88 Å². The molecule has 0 amide bonds. The molecule has 5 heteroatoms. The van der Waals surface area contributed by atoms with Crippen molar-refractivity contribution in [2.24, 2.45) is 0 Å². The lowest BCUT2D eigenvalue weighted by Crippen LogP contribution is -2.40. The van der Waals surface area contributed by atoms with Crippen molar-refractivity contribution in [3.63, 3.8) is 0 Å².